The zero-order chi connectivity index (χ0) is 9.19. The molecule has 2 nitrogen and oxygen atoms in total. The second-order valence-electron chi connectivity index (χ2n) is 4.02. The molecular formula is C10H21NO. The van der Waals surface area contributed by atoms with Gasteiger partial charge in [-0.1, -0.05) is 13.8 Å². The van der Waals surface area contributed by atoms with Crippen molar-refractivity contribution in [1.82, 2.24) is 5.32 Å². The lowest BCUT2D eigenvalue weighted by atomic mass is 9.79. The Bertz CT molecular complexity index is 137. The molecular weight excluding hydrogens is 150 g/mol. The summed E-state index contributed by atoms with van der Waals surface area (Å²) in [6.45, 7) is 10.8. The van der Waals surface area contributed by atoms with Gasteiger partial charge in [0.15, 0.2) is 0 Å². The van der Waals surface area contributed by atoms with Crippen LogP contribution >= 0.6 is 0 Å². The minimum atomic E-state index is 0.174. The van der Waals surface area contributed by atoms with Gasteiger partial charge in [-0.15, -0.1) is 0 Å². The number of nitrogens with one attached hydrogen (secondary N) is 1. The highest BCUT2D eigenvalue weighted by Crippen LogP contribution is 2.30. The summed E-state index contributed by atoms with van der Waals surface area (Å²) in [6.07, 6.45) is 1.51. The minimum Gasteiger partial charge on any atom is -0.377 e. The van der Waals surface area contributed by atoms with Gasteiger partial charge in [0.1, 0.15) is 0 Å². The first kappa shape index (κ1) is 10.0. The van der Waals surface area contributed by atoms with Crippen LogP contribution < -0.4 is 5.32 Å². The predicted octanol–water partition coefficient (Wildman–Crippen LogP) is 1.80. The Hall–Kier alpha value is -0.0800. The van der Waals surface area contributed by atoms with E-state index in [1.807, 2.05) is 0 Å². The molecule has 0 saturated carbocycles. The lowest BCUT2D eigenvalue weighted by molar-refractivity contribution is -0.0658. The van der Waals surface area contributed by atoms with Crippen LogP contribution in [0.25, 0.3) is 0 Å². The van der Waals surface area contributed by atoms with E-state index < -0.39 is 0 Å². The van der Waals surface area contributed by atoms with Gasteiger partial charge in [-0.05, 0) is 32.7 Å². The lowest BCUT2D eigenvalue weighted by Gasteiger charge is -2.45. The zero-order valence-electron chi connectivity index (χ0n) is 8.68. The number of hydrogen-bond donors (Lipinski definition) is 1. The lowest BCUT2D eigenvalue weighted by Crippen LogP contribution is -2.59. The largest absolute Gasteiger partial charge is 0.377 e. The monoisotopic (exact) mass is 171 g/mol. The molecule has 0 radical (unpaired) electrons. The van der Waals surface area contributed by atoms with Crippen molar-refractivity contribution in [3.05, 3.63) is 0 Å². The van der Waals surface area contributed by atoms with Gasteiger partial charge in [0.2, 0.25) is 0 Å². The number of ether oxygens (including phenoxy) is 1. The molecule has 2 heteroatoms. The standard InChI is InChI=1S/C10H21NO/c1-5-11-10(4)8(2)6-7-12-9(10)3/h8-9,11H,5-7H2,1-4H3. The highest BCUT2D eigenvalue weighted by atomic mass is 16.5. The Morgan fingerprint density at radius 1 is 1.50 bits per heavy atom. The van der Waals surface area contributed by atoms with Crippen LogP contribution in [0.4, 0.5) is 0 Å². The van der Waals surface area contributed by atoms with Crippen molar-refractivity contribution in [3.8, 4) is 0 Å². The first-order valence-electron chi connectivity index (χ1n) is 4.98. The zero-order valence-corrected chi connectivity index (χ0v) is 8.68. The Morgan fingerprint density at radius 2 is 2.17 bits per heavy atom. The van der Waals surface area contributed by atoms with E-state index in [-0.39, 0.29) is 5.54 Å². The van der Waals surface area contributed by atoms with Crippen LogP contribution in [0.15, 0.2) is 0 Å². The fraction of sp³-hybridized carbons (Fsp3) is 1.00. The highest BCUT2D eigenvalue weighted by Gasteiger charge is 2.39. The molecule has 1 aliphatic rings. The molecule has 1 rings (SSSR count). The molecule has 0 aliphatic carbocycles. The van der Waals surface area contributed by atoms with E-state index in [4.69, 9.17) is 4.74 Å². The molecule has 1 aliphatic heterocycles. The van der Waals surface area contributed by atoms with E-state index in [1.165, 1.54) is 6.42 Å². The minimum absolute atomic E-state index is 0.174. The van der Waals surface area contributed by atoms with Gasteiger partial charge >= 0.3 is 0 Å². The fourth-order valence-corrected chi connectivity index (χ4v) is 1.99. The van der Waals surface area contributed by atoms with E-state index in [1.54, 1.807) is 0 Å². The second-order valence-corrected chi connectivity index (χ2v) is 4.02. The van der Waals surface area contributed by atoms with Gasteiger partial charge in [-0.25, -0.2) is 0 Å². The van der Waals surface area contributed by atoms with E-state index >= 15 is 0 Å². The number of rotatable bonds is 2. The van der Waals surface area contributed by atoms with Crippen LogP contribution in [-0.2, 0) is 4.74 Å². The molecule has 72 valence electrons. The molecule has 1 fully saturated rings. The van der Waals surface area contributed by atoms with Crippen LogP contribution in [0.5, 0.6) is 0 Å². The SMILES string of the molecule is CCNC1(C)C(C)CCOC1C. The smallest absolute Gasteiger partial charge is 0.0728 e. The second kappa shape index (κ2) is 3.75. The van der Waals surface area contributed by atoms with Crippen molar-refractivity contribution in [2.24, 2.45) is 5.92 Å². The van der Waals surface area contributed by atoms with Gasteiger partial charge in [0, 0.05) is 12.1 Å². The third-order valence-corrected chi connectivity index (χ3v) is 3.34. The first-order chi connectivity index (χ1) is 5.61. The quantitative estimate of drug-likeness (QED) is 0.684. The number of likely N-dealkylation sites (N-methyl/N-ethyl adjacent to an activating group) is 1. The van der Waals surface area contributed by atoms with Crippen molar-refractivity contribution in [2.75, 3.05) is 13.2 Å². The molecule has 1 N–H and O–H groups in total. The third-order valence-electron chi connectivity index (χ3n) is 3.34. The predicted molar refractivity (Wildman–Crippen MR) is 51.3 cm³/mol. The van der Waals surface area contributed by atoms with Gasteiger partial charge in [0.25, 0.3) is 0 Å². The van der Waals surface area contributed by atoms with Crippen LogP contribution in [0, 0.1) is 5.92 Å². The van der Waals surface area contributed by atoms with Crippen LogP contribution in [0.2, 0.25) is 0 Å². The van der Waals surface area contributed by atoms with Crippen molar-refractivity contribution in [3.63, 3.8) is 0 Å². The Kier molecular flexibility index (Phi) is 3.13. The van der Waals surface area contributed by atoms with E-state index in [2.05, 4.69) is 33.0 Å². The highest BCUT2D eigenvalue weighted by molar-refractivity contribution is 4.95. The van der Waals surface area contributed by atoms with E-state index in [0.29, 0.717) is 12.0 Å². The molecule has 1 saturated heterocycles. The molecule has 3 unspecified atom stereocenters. The topological polar surface area (TPSA) is 21.3 Å². The molecule has 0 aromatic heterocycles. The maximum absolute atomic E-state index is 5.65. The van der Waals surface area contributed by atoms with Gasteiger partial charge in [-0.2, -0.15) is 0 Å². The summed E-state index contributed by atoms with van der Waals surface area (Å²) in [5.41, 5.74) is 0.174. The molecule has 0 aromatic rings. The summed E-state index contributed by atoms with van der Waals surface area (Å²) in [5, 5.41) is 3.54. The Labute approximate surface area is 75.7 Å². The van der Waals surface area contributed by atoms with Crippen molar-refractivity contribution in [1.29, 1.82) is 0 Å². The molecule has 0 bridgehead atoms. The average Bonchev–Trinajstić information content (AvgIpc) is 2.02. The average molecular weight is 171 g/mol. The first-order valence-corrected chi connectivity index (χ1v) is 4.98. The summed E-state index contributed by atoms with van der Waals surface area (Å²) in [4.78, 5) is 0. The summed E-state index contributed by atoms with van der Waals surface area (Å²) < 4.78 is 5.65. The molecule has 0 spiro atoms. The van der Waals surface area contributed by atoms with Crippen LogP contribution in [0.3, 0.4) is 0 Å². The molecule has 3 atom stereocenters. The third kappa shape index (κ3) is 1.64. The molecule has 12 heavy (non-hydrogen) atoms. The molecule has 0 aromatic carbocycles. The van der Waals surface area contributed by atoms with Crippen LogP contribution in [0.1, 0.15) is 34.1 Å². The van der Waals surface area contributed by atoms with Gasteiger partial charge < -0.3 is 10.1 Å². The maximum Gasteiger partial charge on any atom is 0.0728 e. The maximum atomic E-state index is 5.65. The van der Waals surface area contributed by atoms with E-state index in [9.17, 15) is 0 Å². The van der Waals surface area contributed by atoms with E-state index in [0.717, 1.165) is 13.2 Å². The summed E-state index contributed by atoms with van der Waals surface area (Å²) in [7, 11) is 0. The van der Waals surface area contributed by atoms with Crippen molar-refractivity contribution >= 4 is 0 Å². The Balaban J connectivity index is 2.66. The van der Waals surface area contributed by atoms with Crippen molar-refractivity contribution in [2.45, 2.75) is 45.8 Å². The summed E-state index contributed by atoms with van der Waals surface area (Å²) in [5.74, 6) is 0.709. The Morgan fingerprint density at radius 3 is 2.67 bits per heavy atom. The van der Waals surface area contributed by atoms with Gasteiger partial charge in [0.05, 0.1) is 6.10 Å². The molecule has 1 heterocycles. The van der Waals surface area contributed by atoms with Crippen LogP contribution in [-0.4, -0.2) is 24.8 Å². The fourth-order valence-electron chi connectivity index (χ4n) is 1.99. The van der Waals surface area contributed by atoms with Crippen molar-refractivity contribution < 1.29 is 4.74 Å². The summed E-state index contributed by atoms with van der Waals surface area (Å²) in [6, 6.07) is 0. The van der Waals surface area contributed by atoms with Gasteiger partial charge in [-0.3, -0.25) is 0 Å². The summed E-state index contributed by atoms with van der Waals surface area (Å²) >= 11 is 0. The normalized spacial score (nSPS) is 43.0. The number of hydrogen-bond acceptors (Lipinski definition) is 2. The molecule has 0 amide bonds.